The van der Waals surface area contributed by atoms with Crippen molar-refractivity contribution in [1.82, 2.24) is 9.55 Å². The highest BCUT2D eigenvalue weighted by Gasteiger charge is 2.31. The number of imidazole rings is 1. The lowest BCUT2D eigenvalue weighted by Crippen LogP contribution is -2.15. The van der Waals surface area contributed by atoms with Gasteiger partial charge in [0.1, 0.15) is 11.6 Å². The molecule has 2 N–H and O–H groups in total. The van der Waals surface area contributed by atoms with E-state index in [0.29, 0.717) is 12.4 Å². The van der Waals surface area contributed by atoms with Gasteiger partial charge >= 0.3 is 5.97 Å². The molecule has 112 valence electrons. The highest BCUT2D eigenvalue weighted by Crippen LogP contribution is 2.35. The monoisotopic (exact) mass is 281 g/mol. The molecule has 1 aromatic rings. The van der Waals surface area contributed by atoms with Crippen LogP contribution in [0.3, 0.4) is 0 Å². The van der Waals surface area contributed by atoms with Gasteiger partial charge in [0.2, 0.25) is 0 Å². The van der Waals surface area contributed by atoms with Crippen LogP contribution in [0.5, 0.6) is 0 Å². The number of carbonyl (C=O) groups is 1. The highest BCUT2D eigenvalue weighted by atomic mass is 16.5. The Kier molecular flexibility index (Phi) is 4.65. The Morgan fingerprint density at radius 2 is 2.20 bits per heavy atom. The standard InChI is InChI=1S/C14H23N3O3/c1-4-11-16-12(14(18)20-5-2)13(15)17(11)9-6-7-10(8-9)19-3/h9-10H,4-8,15H2,1-3H3. The summed E-state index contributed by atoms with van der Waals surface area (Å²) in [7, 11) is 1.73. The summed E-state index contributed by atoms with van der Waals surface area (Å²) < 4.78 is 12.4. The molecule has 1 aliphatic carbocycles. The van der Waals surface area contributed by atoms with Gasteiger partial charge in [-0.15, -0.1) is 0 Å². The van der Waals surface area contributed by atoms with Crippen molar-refractivity contribution in [2.24, 2.45) is 0 Å². The number of rotatable bonds is 5. The SMILES string of the molecule is CCOC(=O)c1nc(CC)n(C2CCC(OC)C2)c1N. The third-order valence-electron chi connectivity index (χ3n) is 3.86. The third-order valence-corrected chi connectivity index (χ3v) is 3.86. The zero-order valence-corrected chi connectivity index (χ0v) is 12.4. The first-order chi connectivity index (χ1) is 9.62. The number of anilines is 1. The number of carbonyl (C=O) groups excluding carboxylic acids is 1. The lowest BCUT2D eigenvalue weighted by Gasteiger charge is -2.17. The number of nitrogen functional groups attached to an aromatic ring is 1. The maximum absolute atomic E-state index is 11.9. The number of ether oxygens (including phenoxy) is 2. The summed E-state index contributed by atoms with van der Waals surface area (Å²) in [4.78, 5) is 16.2. The Balaban J connectivity index is 2.30. The smallest absolute Gasteiger partial charge is 0.360 e. The van der Waals surface area contributed by atoms with Crippen molar-refractivity contribution in [3.8, 4) is 0 Å². The molecule has 1 aromatic heterocycles. The van der Waals surface area contributed by atoms with Gasteiger partial charge in [-0.25, -0.2) is 9.78 Å². The van der Waals surface area contributed by atoms with Crippen LogP contribution in [0.15, 0.2) is 0 Å². The van der Waals surface area contributed by atoms with Crippen LogP contribution >= 0.6 is 0 Å². The molecule has 2 unspecified atom stereocenters. The Labute approximate surface area is 119 Å². The van der Waals surface area contributed by atoms with Crippen molar-refractivity contribution in [2.75, 3.05) is 19.5 Å². The van der Waals surface area contributed by atoms with Crippen LogP contribution in [0.1, 0.15) is 55.5 Å². The lowest BCUT2D eigenvalue weighted by molar-refractivity contribution is 0.0521. The average molecular weight is 281 g/mol. The summed E-state index contributed by atoms with van der Waals surface area (Å²) in [5.41, 5.74) is 6.38. The maximum atomic E-state index is 11.9. The average Bonchev–Trinajstić information content (AvgIpc) is 3.02. The van der Waals surface area contributed by atoms with Gasteiger partial charge in [0.25, 0.3) is 0 Å². The van der Waals surface area contributed by atoms with Gasteiger partial charge in [-0.05, 0) is 26.2 Å². The molecule has 6 nitrogen and oxygen atoms in total. The molecule has 2 rings (SSSR count). The maximum Gasteiger partial charge on any atom is 0.360 e. The highest BCUT2D eigenvalue weighted by molar-refractivity contribution is 5.92. The van der Waals surface area contributed by atoms with Crippen molar-refractivity contribution in [3.05, 3.63) is 11.5 Å². The quantitative estimate of drug-likeness (QED) is 0.834. The van der Waals surface area contributed by atoms with Crippen LogP contribution in [-0.4, -0.2) is 35.3 Å². The van der Waals surface area contributed by atoms with Gasteiger partial charge in [0.05, 0.1) is 12.7 Å². The van der Waals surface area contributed by atoms with Crippen LogP contribution in [0.2, 0.25) is 0 Å². The molecule has 0 bridgehead atoms. The Morgan fingerprint density at radius 3 is 2.75 bits per heavy atom. The van der Waals surface area contributed by atoms with E-state index in [1.165, 1.54) is 0 Å². The van der Waals surface area contributed by atoms with E-state index in [-0.39, 0.29) is 17.8 Å². The summed E-state index contributed by atoms with van der Waals surface area (Å²) >= 11 is 0. The van der Waals surface area contributed by atoms with Crippen LogP contribution in [0, 0.1) is 0 Å². The number of methoxy groups -OCH3 is 1. The zero-order chi connectivity index (χ0) is 14.7. The molecule has 0 amide bonds. The summed E-state index contributed by atoms with van der Waals surface area (Å²) in [6, 6.07) is 0.255. The van der Waals surface area contributed by atoms with Crippen LogP contribution < -0.4 is 5.73 Å². The van der Waals surface area contributed by atoms with Crippen molar-refractivity contribution in [1.29, 1.82) is 0 Å². The molecule has 0 radical (unpaired) electrons. The molecule has 1 heterocycles. The minimum atomic E-state index is -0.445. The summed E-state index contributed by atoms with van der Waals surface area (Å²) in [5.74, 6) is 0.814. The number of aryl methyl sites for hydroxylation is 1. The van der Waals surface area contributed by atoms with E-state index >= 15 is 0 Å². The number of nitrogens with two attached hydrogens (primary N) is 1. The van der Waals surface area contributed by atoms with E-state index in [9.17, 15) is 4.79 Å². The second-order valence-corrected chi connectivity index (χ2v) is 5.03. The molecule has 2 atom stereocenters. The van der Waals surface area contributed by atoms with Crippen LogP contribution in [0.4, 0.5) is 5.82 Å². The first kappa shape index (κ1) is 14.8. The van der Waals surface area contributed by atoms with E-state index in [2.05, 4.69) is 4.98 Å². The summed E-state index contributed by atoms with van der Waals surface area (Å²) in [5, 5.41) is 0. The van der Waals surface area contributed by atoms with Crippen LogP contribution in [0.25, 0.3) is 0 Å². The minimum absolute atomic E-state index is 0.240. The zero-order valence-electron chi connectivity index (χ0n) is 12.4. The molecule has 6 heteroatoms. The number of hydrogen-bond donors (Lipinski definition) is 1. The van der Waals surface area contributed by atoms with Gasteiger partial charge in [-0.1, -0.05) is 6.92 Å². The largest absolute Gasteiger partial charge is 0.461 e. The fourth-order valence-electron chi connectivity index (χ4n) is 2.87. The molecule has 0 aliphatic heterocycles. The van der Waals surface area contributed by atoms with Gasteiger partial charge in [-0.2, -0.15) is 0 Å². The molecule has 20 heavy (non-hydrogen) atoms. The predicted octanol–water partition coefficient (Wildman–Crippen LogP) is 1.94. The molecule has 0 aromatic carbocycles. The minimum Gasteiger partial charge on any atom is -0.461 e. The Morgan fingerprint density at radius 1 is 1.45 bits per heavy atom. The van der Waals surface area contributed by atoms with Gasteiger partial charge in [0.15, 0.2) is 5.69 Å². The molecule has 0 spiro atoms. The van der Waals surface area contributed by atoms with Crippen molar-refractivity contribution < 1.29 is 14.3 Å². The molecule has 0 saturated heterocycles. The van der Waals surface area contributed by atoms with E-state index < -0.39 is 5.97 Å². The molecule has 1 fully saturated rings. The van der Waals surface area contributed by atoms with Crippen LogP contribution in [-0.2, 0) is 15.9 Å². The summed E-state index contributed by atoms with van der Waals surface area (Å²) in [6.07, 6.45) is 3.91. The Hall–Kier alpha value is -1.56. The van der Waals surface area contributed by atoms with Gasteiger partial charge < -0.3 is 19.8 Å². The van der Waals surface area contributed by atoms with Crippen molar-refractivity contribution >= 4 is 11.8 Å². The fourth-order valence-corrected chi connectivity index (χ4v) is 2.87. The van der Waals surface area contributed by atoms with Gasteiger partial charge in [0, 0.05) is 19.6 Å². The lowest BCUT2D eigenvalue weighted by atomic mass is 10.2. The fraction of sp³-hybridized carbons (Fsp3) is 0.714. The first-order valence-corrected chi connectivity index (χ1v) is 7.18. The number of aromatic nitrogens is 2. The van der Waals surface area contributed by atoms with E-state index in [4.69, 9.17) is 15.2 Å². The van der Waals surface area contributed by atoms with E-state index in [1.807, 2.05) is 11.5 Å². The van der Waals surface area contributed by atoms with E-state index in [0.717, 1.165) is 31.5 Å². The normalized spacial score (nSPS) is 22.1. The molecule has 1 saturated carbocycles. The number of esters is 1. The first-order valence-electron chi connectivity index (χ1n) is 7.18. The van der Waals surface area contributed by atoms with Crippen molar-refractivity contribution in [2.45, 2.75) is 51.7 Å². The second-order valence-electron chi connectivity index (χ2n) is 5.03. The number of hydrogen-bond acceptors (Lipinski definition) is 5. The number of nitrogens with zero attached hydrogens (tertiary/aromatic N) is 2. The van der Waals surface area contributed by atoms with Gasteiger partial charge in [-0.3, -0.25) is 0 Å². The topological polar surface area (TPSA) is 79.4 Å². The van der Waals surface area contributed by atoms with Crippen molar-refractivity contribution in [3.63, 3.8) is 0 Å². The Bertz CT molecular complexity index is 484. The summed E-state index contributed by atoms with van der Waals surface area (Å²) in [6.45, 7) is 4.10. The van der Waals surface area contributed by atoms with E-state index in [1.54, 1.807) is 14.0 Å². The molecule has 1 aliphatic rings. The molecular formula is C14H23N3O3. The molecular weight excluding hydrogens is 258 g/mol. The third kappa shape index (κ3) is 2.65. The predicted molar refractivity (Wildman–Crippen MR) is 75.7 cm³/mol. The second kappa shape index (κ2) is 6.26.